The summed E-state index contributed by atoms with van der Waals surface area (Å²) in [5.74, 6) is 1.05. The first-order valence-electron chi connectivity index (χ1n) is 5.49. The van der Waals surface area contributed by atoms with E-state index in [1.807, 2.05) is 6.07 Å². The molecule has 0 N–H and O–H groups in total. The summed E-state index contributed by atoms with van der Waals surface area (Å²) in [6, 6.07) is 8.43. The van der Waals surface area contributed by atoms with Gasteiger partial charge in [0.25, 0.3) is 0 Å². The minimum absolute atomic E-state index is 0.125. The summed E-state index contributed by atoms with van der Waals surface area (Å²) < 4.78 is 5.44. The third kappa shape index (κ3) is 2.95. The minimum Gasteiger partial charge on any atom is -0.496 e. The molecular formula is C13H21OP. The van der Waals surface area contributed by atoms with Crippen LogP contribution in [0.1, 0.15) is 27.7 Å². The van der Waals surface area contributed by atoms with Crippen LogP contribution in [0.15, 0.2) is 24.3 Å². The SMILES string of the molecule is COc1ccccc1P(C(C)C)C(C)C. The molecule has 84 valence electrons. The van der Waals surface area contributed by atoms with Crippen LogP contribution >= 0.6 is 7.92 Å². The van der Waals surface area contributed by atoms with Gasteiger partial charge in [0.1, 0.15) is 5.75 Å². The van der Waals surface area contributed by atoms with Crippen LogP contribution in [-0.4, -0.2) is 18.4 Å². The zero-order chi connectivity index (χ0) is 11.4. The largest absolute Gasteiger partial charge is 0.496 e. The van der Waals surface area contributed by atoms with Crippen molar-refractivity contribution in [1.29, 1.82) is 0 Å². The smallest absolute Gasteiger partial charge is 0.126 e. The molecule has 1 aromatic carbocycles. The van der Waals surface area contributed by atoms with E-state index in [1.54, 1.807) is 7.11 Å². The Morgan fingerprint density at radius 3 is 2.00 bits per heavy atom. The molecule has 0 amide bonds. The van der Waals surface area contributed by atoms with Crippen molar-refractivity contribution in [3.8, 4) is 5.75 Å². The van der Waals surface area contributed by atoms with E-state index in [0.717, 1.165) is 5.75 Å². The molecule has 0 spiro atoms. The highest BCUT2D eigenvalue weighted by Crippen LogP contribution is 2.46. The van der Waals surface area contributed by atoms with Crippen LogP contribution in [0, 0.1) is 0 Å². The van der Waals surface area contributed by atoms with Crippen molar-refractivity contribution in [1.82, 2.24) is 0 Å². The van der Waals surface area contributed by atoms with E-state index in [-0.39, 0.29) is 7.92 Å². The van der Waals surface area contributed by atoms with Gasteiger partial charge in [-0.25, -0.2) is 0 Å². The van der Waals surface area contributed by atoms with E-state index >= 15 is 0 Å². The maximum atomic E-state index is 5.44. The molecule has 0 aliphatic heterocycles. The van der Waals surface area contributed by atoms with Crippen molar-refractivity contribution in [3.63, 3.8) is 0 Å². The monoisotopic (exact) mass is 224 g/mol. The lowest BCUT2D eigenvalue weighted by atomic mass is 10.3. The minimum atomic E-state index is -0.125. The molecule has 0 heterocycles. The van der Waals surface area contributed by atoms with E-state index in [4.69, 9.17) is 4.74 Å². The number of para-hydroxylation sites is 1. The number of benzene rings is 1. The second kappa shape index (κ2) is 5.51. The van der Waals surface area contributed by atoms with Gasteiger partial charge in [-0.2, -0.15) is 0 Å². The molecule has 0 saturated carbocycles. The normalized spacial score (nSPS) is 11.5. The number of methoxy groups -OCH3 is 1. The zero-order valence-electron chi connectivity index (χ0n) is 10.3. The van der Waals surface area contributed by atoms with Gasteiger partial charge >= 0.3 is 0 Å². The van der Waals surface area contributed by atoms with Crippen LogP contribution in [0.2, 0.25) is 0 Å². The van der Waals surface area contributed by atoms with E-state index in [1.165, 1.54) is 5.30 Å². The van der Waals surface area contributed by atoms with Gasteiger partial charge < -0.3 is 4.74 Å². The summed E-state index contributed by atoms with van der Waals surface area (Å²) in [6.07, 6.45) is 0. The fraction of sp³-hybridized carbons (Fsp3) is 0.538. The molecule has 0 radical (unpaired) electrons. The first-order valence-corrected chi connectivity index (χ1v) is 6.97. The van der Waals surface area contributed by atoms with Crippen LogP contribution < -0.4 is 10.0 Å². The maximum absolute atomic E-state index is 5.44. The molecular weight excluding hydrogens is 203 g/mol. The first-order chi connectivity index (χ1) is 7.07. The van der Waals surface area contributed by atoms with Gasteiger partial charge in [-0.1, -0.05) is 53.8 Å². The highest BCUT2D eigenvalue weighted by Gasteiger charge is 2.21. The van der Waals surface area contributed by atoms with E-state index < -0.39 is 0 Å². The predicted molar refractivity (Wildman–Crippen MR) is 69.8 cm³/mol. The molecule has 0 aliphatic carbocycles. The van der Waals surface area contributed by atoms with Crippen molar-refractivity contribution >= 4 is 13.2 Å². The number of ether oxygens (including phenoxy) is 1. The second-order valence-corrected chi connectivity index (χ2v) is 7.63. The van der Waals surface area contributed by atoms with Gasteiger partial charge in [0.2, 0.25) is 0 Å². The molecule has 1 rings (SSSR count). The molecule has 0 saturated heterocycles. The van der Waals surface area contributed by atoms with Crippen LogP contribution in [-0.2, 0) is 0 Å². The summed E-state index contributed by atoms with van der Waals surface area (Å²) in [4.78, 5) is 0. The van der Waals surface area contributed by atoms with Crippen molar-refractivity contribution < 1.29 is 4.74 Å². The molecule has 0 aromatic heterocycles. The van der Waals surface area contributed by atoms with Gasteiger partial charge in [0.15, 0.2) is 0 Å². The second-order valence-electron chi connectivity index (χ2n) is 4.27. The highest BCUT2D eigenvalue weighted by atomic mass is 31.1. The Bertz CT molecular complexity index is 299. The fourth-order valence-corrected chi connectivity index (χ4v) is 4.98. The topological polar surface area (TPSA) is 9.23 Å². The average molecular weight is 224 g/mol. The fourth-order valence-electron chi connectivity index (χ4n) is 2.00. The molecule has 1 aromatic rings. The van der Waals surface area contributed by atoms with Crippen LogP contribution in [0.3, 0.4) is 0 Å². The van der Waals surface area contributed by atoms with Crippen LogP contribution in [0.25, 0.3) is 0 Å². The standard InChI is InChI=1S/C13H21OP/c1-10(2)15(11(3)4)13-9-7-6-8-12(13)14-5/h6-11H,1-5H3. The summed E-state index contributed by atoms with van der Waals surface area (Å²) in [5.41, 5.74) is 1.41. The first kappa shape index (κ1) is 12.5. The summed E-state index contributed by atoms with van der Waals surface area (Å²) in [5, 5.41) is 1.40. The molecule has 1 nitrogen and oxygen atoms in total. The molecule has 0 bridgehead atoms. The molecule has 0 unspecified atom stereocenters. The van der Waals surface area contributed by atoms with Gasteiger partial charge in [-0.05, 0) is 17.4 Å². The third-order valence-corrected chi connectivity index (χ3v) is 5.63. The Kier molecular flexibility index (Phi) is 4.60. The molecule has 0 fully saturated rings. The van der Waals surface area contributed by atoms with Gasteiger partial charge in [-0.3, -0.25) is 0 Å². The lowest BCUT2D eigenvalue weighted by Crippen LogP contribution is -2.16. The quantitative estimate of drug-likeness (QED) is 0.710. The van der Waals surface area contributed by atoms with E-state index in [9.17, 15) is 0 Å². The summed E-state index contributed by atoms with van der Waals surface area (Å²) in [7, 11) is 1.63. The lowest BCUT2D eigenvalue weighted by Gasteiger charge is -2.27. The van der Waals surface area contributed by atoms with Gasteiger partial charge in [0.05, 0.1) is 7.11 Å². The summed E-state index contributed by atoms with van der Waals surface area (Å²) >= 11 is 0. The molecule has 0 atom stereocenters. The zero-order valence-corrected chi connectivity index (χ0v) is 11.2. The molecule has 2 heteroatoms. The Morgan fingerprint density at radius 1 is 1.00 bits per heavy atom. The summed E-state index contributed by atoms with van der Waals surface area (Å²) in [6.45, 7) is 9.21. The Morgan fingerprint density at radius 2 is 1.53 bits per heavy atom. The van der Waals surface area contributed by atoms with Crippen LogP contribution in [0.4, 0.5) is 0 Å². The third-order valence-electron chi connectivity index (χ3n) is 2.48. The van der Waals surface area contributed by atoms with Gasteiger partial charge in [-0.15, -0.1) is 0 Å². The van der Waals surface area contributed by atoms with E-state index in [0.29, 0.717) is 11.3 Å². The Balaban J connectivity index is 3.10. The van der Waals surface area contributed by atoms with E-state index in [2.05, 4.69) is 45.9 Å². The van der Waals surface area contributed by atoms with Gasteiger partial charge in [0, 0.05) is 5.30 Å². The number of hydrogen-bond donors (Lipinski definition) is 0. The van der Waals surface area contributed by atoms with Crippen molar-refractivity contribution in [2.75, 3.05) is 7.11 Å². The maximum Gasteiger partial charge on any atom is 0.126 e. The predicted octanol–water partition coefficient (Wildman–Crippen LogP) is 3.62. The van der Waals surface area contributed by atoms with Crippen molar-refractivity contribution in [2.45, 2.75) is 39.0 Å². The number of rotatable bonds is 4. The average Bonchev–Trinajstić information content (AvgIpc) is 2.17. The van der Waals surface area contributed by atoms with Crippen LogP contribution in [0.5, 0.6) is 5.75 Å². The molecule has 15 heavy (non-hydrogen) atoms. The van der Waals surface area contributed by atoms with Crippen molar-refractivity contribution in [3.05, 3.63) is 24.3 Å². The highest BCUT2D eigenvalue weighted by molar-refractivity contribution is 7.67. The molecule has 0 aliphatic rings. The van der Waals surface area contributed by atoms with Crippen molar-refractivity contribution in [2.24, 2.45) is 0 Å². The lowest BCUT2D eigenvalue weighted by molar-refractivity contribution is 0.418. The number of hydrogen-bond acceptors (Lipinski definition) is 1. The Hall–Kier alpha value is -0.550. The Labute approximate surface area is 94.6 Å².